The van der Waals surface area contributed by atoms with Gasteiger partial charge in [-0.05, 0) is 0 Å². The first-order chi connectivity index (χ1) is 6.84. The third kappa shape index (κ3) is 2.59. The zero-order valence-corrected chi connectivity index (χ0v) is 7.92. The Morgan fingerprint density at radius 2 is 1.87 bits per heavy atom. The van der Waals surface area contributed by atoms with E-state index < -0.39 is 27.7 Å². The van der Waals surface area contributed by atoms with E-state index in [9.17, 15) is 23.3 Å². The number of nitro benzene ring substituents is 1. The van der Waals surface area contributed by atoms with Crippen molar-refractivity contribution < 1.29 is 18.1 Å². The Balaban J connectivity index is 3.19. The number of rotatable bonds is 2. The van der Waals surface area contributed by atoms with Crippen LogP contribution in [0.25, 0.3) is 0 Å². The summed E-state index contributed by atoms with van der Waals surface area (Å²) in [5.74, 6) is 0. The zero-order valence-electron chi connectivity index (χ0n) is 7.16. The van der Waals surface area contributed by atoms with Crippen molar-refractivity contribution in [3.63, 3.8) is 0 Å². The molecule has 1 aromatic carbocycles. The summed E-state index contributed by atoms with van der Waals surface area (Å²) in [5.41, 5.74) is -1.17. The van der Waals surface area contributed by atoms with Gasteiger partial charge in [0.25, 0.3) is 5.69 Å². The monoisotopic (exact) mass is 239 g/mol. The molecule has 0 aliphatic heterocycles. The molecule has 1 rings (SSSR count). The molecule has 0 aliphatic carbocycles. The van der Waals surface area contributed by atoms with Gasteiger partial charge in [-0.15, -0.1) is 11.6 Å². The SMILES string of the molecule is O=[N+]([O-])c1ccccc1C(Cl)C(F)(F)F. The minimum atomic E-state index is -4.70. The maximum Gasteiger partial charge on any atom is 0.409 e. The highest BCUT2D eigenvalue weighted by Crippen LogP contribution is 2.41. The van der Waals surface area contributed by atoms with Gasteiger partial charge in [-0.25, -0.2) is 0 Å². The lowest BCUT2D eigenvalue weighted by Gasteiger charge is -2.13. The number of benzene rings is 1. The average Bonchev–Trinajstić information content (AvgIpc) is 2.15. The van der Waals surface area contributed by atoms with Crippen LogP contribution in [0.15, 0.2) is 24.3 Å². The molecule has 0 N–H and O–H groups in total. The summed E-state index contributed by atoms with van der Waals surface area (Å²) in [7, 11) is 0. The van der Waals surface area contributed by atoms with Crippen molar-refractivity contribution in [3.8, 4) is 0 Å². The molecule has 1 unspecified atom stereocenters. The van der Waals surface area contributed by atoms with Gasteiger partial charge in [-0.2, -0.15) is 13.2 Å². The summed E-state index contributed by atoms with van der Waals surface area (Å²) < 4.78 is 36.7. The van der Waals surface area contributed by atoms with Crippen LogP contribution in [-0.4, -0.2) is 11.1 Å². The number of para-hydroxylation sites is 1. The van der Waals surface area contributed by atoms with E-state index in [2.05, 4.69) is 0 Å². The standard InChI is InChI=1S/C8H5ClF3NO2/c9-7(8(10,11)12)5-3-1-2-4-6(5)13(14)15/h1-4,7H. The second-order valence-corrected chi connectivity index (χ2v) is 3.16. The third-order valence-corrected chi connectivity index (χ3v) is 2.18. The lowest BCUT2D eigenvalue weighted by atomic mass is 10.1. The van der Waals surface area contributed by atoms with Gasteiger partial charge in [0.2, 0.25) is 0 Å². The first-order valence-electron chi connectivity index (χ1n) is 3.78. The first-order valence-corrected chi connectivity index (χ1v) is 4.22. The number of nitrogens with zero attached hydrogens (tertiary/aromatic N) is 1. The van der Waals surface area contributed by atoms with Crippen LogP contribution in [0.5, 0.6) is 0 Å². The number of alkyl halides is 4. The molecule has 7 heteroatoms. The van der Waals surface area contributed by atoms with Crippen LogP contribution < -0.4 is 0 Å². The molecule has 0 spiro atoms. The predicted molar refractivity (Wildman–Crippen MR) is 47.7 cm³/mol. The van der Waals surface area contributed by atoms with Crippen LogP contribution >= 0.6 is 11.6 Å². The summed E-state index contributed by atoms with van der Waals surface area (Å²) >= 11 is 5.10. The van der Waals surface area contributed by atoms with Gasteiger partial charge in [0, 0.05) is 6.07 Å². The predicted octanol–water partition coefficient (Wildman–Crippen LogP) is 3.44. The number of nitro groups is 1. The van der Waals surface area contributed by atoms with Crippen molar-refractivity contribution in [2.24, 2.45) is 0 Å². The van der Waals surface area contributed by atoms with Gasteiger partial charge in [0.1, 0.15) is 0 Å². The summed E-state index contributed by atoms with van der Waals surface area (Å²) in [6.07, 6.45) is -4.70. The van der Waals surface area contributed by atoms with E-state index in [0.29, 0.717) is 0 Å². The summed E-state index contributed by atoms with van der Waals surface area (Å²) in [6, 6.07) is 4.52. The van der Waals surface area contributed by atoms with E-state index in [1.807, 2.05) is 0 Å². The minimum Gasteiger partial charge on any atom is -0.258 e. The molecule has 0 fully saturated rings. The Morgan fingerprint density at radius 1 is 1.33 bits per heavy atom. The fourth-order valence-electron chi connectivity index (χ4n) is 1.04. The van der Waals surface area contributed by atoms with Crippen LogP contribution in [-0.2, 0) is 0 Å². The van der Waals surface area contributed by atoms with Crippen molar-refractivity contribution >= 4 is 17.3 Å². The average molecular weight is 240 g/mol. The Bertz CT molecular complexity index is 380. The highest BCUT2D eigenvalue weighted by molar-refractivity contribution is 6.21. The molecule has 1 atom stereocenters. The van der Waals surface area contributed by atoms with E-state index in [1.54, 1.807) is 0 Å². The smallest absolute Gasteiger partial charge is 0.258 e. The first kappa shape index (κ1) is 11.8. The van der Waals surface area contributed by atoms with Gasteiger partial charge in [0.15, 0.2) is 5.38 Å². The molecule has 15 heavy (non-hydrogen) atoms. The van der Waals surface area contributed by atoms with Crippen molar-refractivity contribution in [2.75, 3.05) is 0 Å². The Labute approximate surface area is 87.6 Å². The fourth-order valence-corrected chi connectivity index (χ4v) is 1.23. The van der Waals surface area contributed by atoms with Crippen LogP contribution in [0, 0.1) is 10.1 Å². The van der Waals surface area contributed by atoms with Crippen molar-refractivity contribution in [1.29, 1.82) is 0 Å². The van der Waals surface area contributed by atoms with Crippen molar-refractivity contribution in [2.45, 2.75) is 11.6 Å². The second kappa shape index (κ2) is 4.06. The maximum atomic E-state index is 12.2. The van der Waals surface area contributed by atoms with E-state index in [4.69, 9.17) is 11.6 Å². The van der Waals surface area contributed by atoms with Crippen LogP contribution in [0.4, 0.5) is 18.9 Å². The Hall–Kier alpha value is -1.30. The quantitative estimate of drug-likeness (QED) is 0.451. The molecule has 0 aliphatic rings. The van der Waals surface area contributed by atoms with Crippen LogP contribution in [0.1, 0.15) is 10.9 Å². The highest BCUT2D eigenvalue weighted by Gasteiger charge is 2.42. The zero-order chi connectivity index (χ0) is 11.6. The van der Waals surface area contributed by atoms with Crippen LogP contribution in [0.2, 0.25) is 0 Å². The highest BCUT2D eigenvalue weighted by atomic mass is 35.5. The van der Waals surface area contributed by atoms with E-state index in [-0.39, 0.29) is 0 Å². The van der Waals surface area contributed by atoms with Crippen molar-refractivity contribution in [1.82, 2.24) is 0 Å². The molecule has 0 saturated carbocycles. The van der Waals surface area contributed by atoms with Gasteiger partial charge < -0.3 is 0 Å². The van der Waals surface area contributed by atoms with E-state index >= 15 is 0 Å². The number of hydrogen-bond donors (Lipinski definition) is 0. The van der Waals surface area contributed by atoms with Crippen LogP contribution in [0.3, 0.4) is 0 Å². The number of hydrogen-bond acceptors (Lipinski definition) is 2. The molecule has 0 bridgehead atoms. The largest absolute Gasteiger partial charge is 0.409 e. The molecule has 0 amide bonds. The fraction of sp³-hybridized carbons (Fsp3) is 0.250. The lowest BCUT2D eigenvalue weighted by molar-refractivity contribution is -0.386. The molecular formula is C8H5ClF3NO2. The molecule has 0 saturated heterocycles. The Morgan fingerprint density at radius 3 is 2.33 bits per heavy atom. The minimum absolute atomic E-state index is 0.545. The molecule has 3 nitrogen and oxygen atoms in total. The van der Waals surface area contributed by atoms with E-state index in [1.165, 1.54) is 12.1 Å². The summed E-state index contributed by atoms with van der Waals surface area (Å²) in [6.45, 7) is 0. The summed E-state index contributed by atoms with van der Waals surface area (Å²) in [4.78, 5) is 9.54. The molecule has 0 aromatic heterocycles. The normalized spacial score (nSPS) is 13.6. The maximum absolute atomic E-state index is 12.2. The summed E-state index contributed by atoms with van der Waals surface area (Å²) in [5, 5.41) is 8.07. The number of halogens is 4. The van der Waals surface area contributed by atoms with Gasteiger partial charge in [0.05, 0.1) is 10.5 Å². The van der Waals surface area contributed by atoms with Gasteiger partial charge in [-0.3, -0.25) is 10.1 Å². The molecule has 1 aromatic rings. The lowest BCUT2D eigenvalue weighted by Crippen LogP contribution is -2.16. The molecule has 0 radical (unpaired) electrons. The molecular weight excluding hydrogens is 235 g/mol. The van der Waals surface area contributed by atoms with E-state index in [0.717, 1.165) is 12.1 Å². The topological polar surface area (TPSA) is 43.1 Å². The third-order valence-electron chi connectivity index (χ3n) is 1.69. The van der Waals surface area contributed by atoms with Gasteiger partial charge >= 0.3 is 6.18 Å². The van der Waals surface area contributed by atoms with Gasteiger partial charge in [-0.1, -0.05) is 18.2 Å². The molecule has 82 valence electrons. The van der Waals surface area contributed by atoms with Crippen molar-refractivity contribution in [3.05, 3.63) is 39.9 Å². The Kier molecular flexibility index (Phi) is 3.18. The molecule has 0 heterocycles. The second-order valence-electron chi connectivity index (χ2n) is 2.72.